The van der Waals surface area contributed by atoms with Crippen LogP contribution >= 0.6 is 12.2 Å². The quantitative estimate of drug-likeness (QED) is 0.715. The van der Waals surface area contributed by atoms with Crippen molar-refractivity contribution < 1.29 is 4.42 Å². The zero-order valence-electron chi connectivity index (χ0n) is 13.6. The molecule has 5 nitrogen and oxygen atoms in total. The van der Waals surface area contributed by atoms with Gasteiger partial charge in [-0.3, -0.25) is 4.79 Å². The molecule has 0 aliphatic carbocycles. The van der Waals surface area contributed by atoms with Crippen molar-refractivity contribution in [1.82, 2.24) is 15.2 Å². The Morgan fingerprint density at radius 1 is 1.29 bits per heavy atom. The molecular formula is C18H19N3O2S. The second-order valence-electron chi connectivity index (χ2n) is 5.70. The SMILES string of the molecule is CNC(=S)N(Cc1ccco1)Cc1cc2cc(C)ccc2[nH]c1=O. The number of rotatable bonds is 4. The average molecular weight is 341 g/mol. The van der Waals surface area contributed by atoms with Gasteiger partial charge in [0.1, 0.15) is 5.76 Å². The monoisotopic (exact) mass is 341 g/mol. The van der Waals surface area contributed by atoms with Crippen LogP contribution in [0.3, 0.4) is 0 Å². The van der Waals surface area contributed by atoms with Crippen LogP contribution in [0.1, 0.15) is 16.9 Å². The standard InChI is InChI=1S/C18H19N3O2S/c1-12-5-6-16-13(8-12)9-14(17(22)20-16)10-21(18(24)19-2)11-15-4-3-7-23-15/h3-9H,10-11H2,1-2H3,(H,19,24)(H,20,22). The van der Waals surface area contributed by atoms with Crippen LogP contribution in [0.5, 0.6) is 0 Å². The van der Waals surface area contributed by atoms with E-state index in [-0.39, 0.29) is 5.56 Å². The summed E-state index contributed by atoms with van der Waals surface area (Å²) in [6.07, 6.45) is 1.63. The number of aryl methyl sites for hydroxylation is 1. The molecule has 0 spiro atoms. The van der Waals surface area contributed by atoms with Gasteiger partial charge < -0.3 is 19.6 Å². The van der Waals surface area contributed by atoms with Gasteiger partial charge >= 0.3 is 0 Å². The molecular weight excluding hydrogens is 322 g/mol. The highest BCUT2D eigenvalue weighted by Crippen LogP contribution is 2.15. The number of benzene rings is 1. The van der Waals surface area contributed by atoms with Crippen LogP contribution in [0.15, 0.2) is 51.9 Å². The molecule has 3 rings (SSSR count). The van der Waals surface area contributed by atoms with Gasteiger partial charge in [0.15, 0.2) is 5.11 Å². The third-order valence-electron chi connectivity index (χ3n) is 3.87. The second kappa shape index (κ2) is 6.88. The van der Waals surface area contributed by atoms with Crippen molar-refractivity contribution in [2.75, 3.05) is 7.05 Å². The van der Waals surface area contributed by atoms with Gasteiger partial charge in [-0.15, -0.1) is 0 Å². The third kappa shape index (κ3) is 3.49. The van der Waals surface area contributed by atoms with Crippen LogP contribution in [0.4, 0.5) is 0 Å². The number of pyridine rings is 1. The maximum absolute atomic E-state index is 12.4. The summed E-state index contributed by atoms with van der Waals surface area (Å²) in [5.74, 6) is 0.792. The van der Waals surface area contributed by atoms with Crippen LogP contribution in [0, 0.1) is 6.92 Å². The number of furan rings is 1. The summed E-state index contributed by atoms with van der Waals surface area (Å²) in [6, 6.07) is 11.6. The topological polar surface area (TPSA) is 61.3 Å². The van der Waals surface area contributed by atoms with E-state index in [4.69, 9.17) is 16.6 Å². The van der Waals surface area contributed by atoms with Crippen LogP contribution in [-0.2, 0) is 13.1 Å². The van der Waals surface area contributed by atoms with Crippen LogP contribution in [-0.4, -0.2) is 22.0 Å². The Labute approximate surface area is 145 Å². The van der Waals surface area contributed by atoms with E-state index in [1.54, 1.807) is 13.3 Å². The number of nitrogens with one attached hydrogen (secondary N) is 2. The molecule has 2 aromatic heterocycles. The molecule has 0 fully saturated rings. The van der Waals surface area contributed by atoms with E-state index in [9.17, 15) is 4.79 Å². The second-order valence-corrected chi connectivity index (χ2v) is 6.09. The molecule has 3 aromatic rings. The fourth-order valence-electron chi connectivity index (χ4n) is 2.64. The molecule has 0 aliphatic rings. The first-order chi connectivity index (χ1) is 11.6. The van der Waals surface area contributed by atoms with Crippen molar-refractivity contribution in [3.8, 4) is 0 Å². The van der Waals surface area contributed by atoms with E-state index in [1.165, 1.54) is 0 Å². The van der Waals surface area contributed by atoms with Crippen molar-refractivity contribution in [2.24, 2.45) is 0 Å². The van der Waals surface area contributed by atoms with E-state index in [1.807, 2.05) is 42.2 Å². The van der Waals surface area contributed by atoms with E-state index in [0.717, 1.165) is 22.2 Å². The van der Waals surface area contributed by atoms with Gasteiger partial charge in [-0.25, -0.2) is 0 Å². The van der Waals surface area contributed by atoms with Gasteiger partial charge in [-0.1, -0.05) is 11.6 Å². The lowest BCUT2D eigenvalue weighted by Gasteiger charge is -2.23. The summed E-state index contributed by atoms with van der Waals surface area (Å²) in [4.78, 5) is 17.2. The molecule has 0 saturated carbocycles. The number of fused-ring (bicyclic) bond motifs is 1. The third-order valence-corrected chi connectivity index (χ3v) is 4.33. The number of H-pyrrole nitrogens is 1. The maximum atomic E-state index is 12.4. The Balaban J connectivity index is 1.93. The molecule has 0 unspecified atom stereocenters. The number of hydrogen-bond donors (Lipinski definition) is 2. The minimum absolute atomic E-state index is 0.102. The lowest BCUT2D eigenvalue weighted by Crippen LogP contribution is -2.38. The minimum Gasteiger partial charge on any atom is -0.467 e. The molecule has 124 valence electrons. The van der Waals surface area contributed by atoms with E-state index in [2.05, 4.69) is 16.4 Å². The van der Waals surface area contributed by atoms with Crippen LogP contribution in [0.25, 0.3) is 10.9 Å². The fourth-order valence-corrected chi connectivity index (χ4v) is 2.77. The first-order valence-corrected chi connectivity index (χ1v) is 8.09. The zero-order valence-corrected chi connectivity index (χ0v) is 14.4. The van der Waals surface area contributed by atoms with Crippen molar-refractivity contribution in [1.29, 1.82) is 0 Å². The molecule has 24 heavy (non-hydrogen) atoms. The molecule has 0 saturated heterocycles. The summed E-state index contributed by atoms with van der Waals surface area (Å²) in [7, 11) is 1.77. The number of aromatic nitrogens is 1. The van der Waals surface area contributed by atoms with Gasteiger partial charge in [0.05, 0.1) is 19.4 Å². The Hall–Kier alpha value is -2.60. The summed E-state index contributed by atoms with van der Waals surface area (Å²) < 4.78 is 5.40. The highest BCUT2D eigenvalue weighted by atomic mass is 32.1. The van der Waals surface area contributed by atoms with Crippen molar-refractivity contribution in [2.45, 2.75) is 20.0 Å². The predicted octanol–water partition coefficient (Wildman–Crippen LogP) is 2.94. The Morgan fingerprint density at radius 2 is 2.12 bits per heavy atom. The summed E-state index contributed by atoms with van der Waals surface area (Å²) in [6.45, 7) is 2.93. The van der Waals surface area contributed by atoms with Crippen molar-refractivity contribution in [3.05, 3.63) is 69.9 Å². The van der Waals surface area contributed by atoms with Gasteiger partial charge in [0, 0.05) is 18.1 Å². The molecule has 2 heterocycles. The molecule has 0 amide bonds. The van der Waals surface area contributed by atoms with E-state index in [0.29, 0.717) is 23.8 Å². The molecule has 0 bridgehead atoms. The number of hydrogen-bond acceptors (Lipinski definition) is 3. The highest BCUT2D eigenvalue weighted by molar-refractivity contribution is 7.80. The first kappa shape index (κ1) is 16.3. The molecule has 2 N–H and O–H groups in total. The van der Waals surface area contributed by atoms with E-state index >= 15 is 0 Å². The fraction of sp³-hybridized carbons (Fsp3) is 0.222. The largest absolute Gasteiger partial charge is 0.467 e. The van der Waals surface area contributed by atoms with Crippen molar-refractivity contribution in [3.63, 3.8) is 0 Å². The lowest BCUT2D eigenvalue weighted by molar-refractivity contribution is 0.352. The summed E-state index contributed by atoms with van der Waals surface area (Å²) in [5, 5.41) is 4.54. The smallest absolute Gasteiger partial charge is 0.253 e. The molecule has 0 aliphatic heterocycles. The minimum atomic E-state index is -0.102. The summed E-state index contributed by atoms with van der Waals surface area (Å²) >= 11 is 5.37. The maximum Gasteiger partial charge on any atom is 0.253 e. The number of nitrogens with zero attached hydrogens (tertiary/aromatic N) is 1. The van der Waals surface area contributed by atoms with Gasteiger partial charge in [0.25, 0.3) is 5.56 Å². The Kier molecular flexibility index (Phi) is 4.66. The van der Waals surface area contributed by atoms with Gasteiger partial charge in [-0.2, -0.15) is 0 Å². The first-order valence-electron chi connectivity index (χ1n) is 7.68. The van der Waals surface area contributed by atoms with Gasteiger partial charge in [-0.05, 0) is 54.9 Å². The molecule has 0 radical (unpaired) electrons. The number of thiocarbonyl (C=S) groups is 1. The van der Waals surface area contributed by atoms with Gasteiger partial charge in [0.2, 0.25) is 0 Å². The molecule has 6 heteroatoms. The lowest BCUT2D eigenvalue weighted by atomic mass is 10.1. The molecule has 1 aromatic carbocycles. The molecule has 0 atom stereocenters. The Bertz CT molecular complexity index is 916. The highest BCUT2D eigenvalue weighted by Gasteiger charge is 2.14. The predicted molar refractivity (Wildman–Crippen MR) is 98.9 cm³/mol. The van der Waals surface area contributed by atoms with Crippen LogP contribution < -0.4 is 10.9 Å². The van der Waals surface area contributed by atoms with Crippen LogP contribution in [0.2, 0.25) is 0 Å². The van der Waals surface area contributed by atoms with E-state index < -0.39 is 0 Å². The van der Waals surface area contributed by atoms with Crippen molar-refractivity contribution >= 4 is 28.2 Å². The Morgan fingerprint density at radius 3 is 2.83 bits per heavy atom. The number of aromatic amines is 1. The average Bonchev–Trinajstić information content (AvgIpc) is 3.07. The summed E-state index contributed by atoms with van der Waals surface area (Å²) in [5.41, 5.74) is 2.55. The normalized spacial score (nSPS) is 10.8. The zero-order chi connectivity index (χ0) is 17.1.